The summed E-state index contributed by atoms with van der Waals surface area (Å²) in [5.74, 6) is 1.00. The average molecular weight is 421 g/mol. The molecule has 0 unspecified atom stereocenters. The van der Waals surface area contributed by atoms with Crippen LogP contribution in [-0.4, -0.2) is 43.6 Å². The lowest BCUT2D eigenvalue weighted by molar-refractivity contribution is 0.0950. The number of rotatable bonds is 7. The largest absolute Gasteiger partial charge is 0.493 e. The zero-order chi connectivity index (χ0) is 20.1. The minimum atomic E-state index is -0.450. The summed E-state index contributed by atoms with van der Waals surface area (Å²) in [6, 6.07) is 8.69. The number of aromatic nitrogens is 2. The molecule has 0 saturated heterocycles. The molecule has 146 valence electrons. The summed E-state index contributed by atoms with van der Waals surface area (Å²) in [5.41, 5.74) is 4.01. The number of carbonyl (C=O) groups excluding carboxylic acids is 1. The number of amides is 1. The molecule has 3 aromatic rings. The zero-order valence-corrected chi connectivity index (χ0v) is 16.9. The Morgan fingerprint density at radius 1 is 1.18 bits per heavy atom. The van der Waals surface area contributed by atoms with Gasteiger partial charge in [-0.2, -0.15) is 10.2 Å². The van der Waals surface area contributed by atoms with Crippen molar-refractivity contribution in [2.24, 2.45) is 5.10 Å². The maximum absolute atomic E-state index is 12.2. The van der Waals surface area contributed by atoms with Crippen molar-refractivity contribution < 1.29 is 19.0 Å². The van der Waals surface area contributed by atoms with Crippen molar-refractivity contribution in [3.05, 3.63) is 45.9 Å². The lowest BCUT2D eigenvalue weighted by atomic mass is 10.2. The monoisotopic (exact) mass is 420 g/mol. The van der Waals surface area contributed by atoms with Gasteiger partial charge in [0.1, 0.15) is 0 Å². The molecular formula is C18H17ClN4O4S. The number of ether oxygens (including phenoxy) is 3. The molecule has 1 amide bonds. The van der Waals surface area contributed by atoms with Gasteiger partial charge >= 0.3 is 0 Å². The number of H-pyrrole nitrogens is 1. The van der Waals surface area contributed by atoms with Crippen LogP contribution in [0.1, 0.15) is 16.1 Å². The molecule has 28 heavy (non-hydrogen) atoms. The van der Waals surface area contributed by atoms with E-state index in [0.29, 0.717) is 32.8 Å². The van der Waals surface area contributed by atoms with Gasteiger partial charge in [-0.1, -0.05) is 11.6 Å². The van der Waals surface area contributed by atoms with Crippen molar-refractivity contribution in [3.8, 4) is 27.8 Å². The first-order valence-electron chi connectivity index (χ1n) is 8.00. The molecule has 10 heteroatoms. The minimum absolute atomic E-state index is 0.210. The Bertz CT molecular complexity index is 990. The van der Waals surface area contributed by atoms with E-state index in [4.69, 9.17) is 25.8 Å². The second-order valence-corrected chi connectivity index (χ2v) is 7.14. The van der Waals surface area contributed by atoms with Crippen molar-refractivity contribution >= 4 is 35.1 Å². The van der Waals surface area contributed by atoms with Gasteiger partial charge in [0.25, 0.3) is 5.91 Å². The van der Waals surface area contributed by atoms with Crippen molar-refractivity contribution in [1.29, 1.82) is 0 Å². The summed E-state index contributed by atoms with van der Waals surface area (Å²) in [7, 11) is 4.57. The molecule has 0 spiro atoms. The third-order valence-electron chi connectivity index (χ3n) is 3.72. The van der Waals surface area contributed by atoms with Gasteiger partial charge in [0, 0.05) is 5.56 Å². The fourth-order valence-corrected chi connectivity index (χ4v) is 3.43. The zero-order valence-electron chi connectivity index (χ0n) is 15.3. The number of hydrogen-bond donors (Lipinski definition) is 2. The molecule has 0 fully saturated rings. The van der Waals surface area contributed by atoms with Crippen molar-refractivity contribution in [2.45, 2.75) is 0 Å². The van der Waals surface area contributed by atoms with Gasteiger partial charge in [-0.25, -0.2) is 5.43 Å². The van der Waals surface area contributed by atoms with Crippen LogP contribution in [0.5, 0.6) is 17.2 Å². The first kappa shape index (κ1) is 19.7. The van der Waals surface area contributed by atoms with Crippen LogP contribution in [-0.2, 0) is 0 Å². The van der Waals surface area contributed by atoms with Gasteiger partial charge in [0.2, 0.25) is 5.75 Å². The molecule has 0 aliphatic heterocycles. The Kier molecular flexibility index (Phi) is 6.17. The SMILES string of the molecule is COc1cc(C=NNC(=O)c2cc(-c3ccc(Cl)s3)[nH]n2)cc(OC)c1OC. The van der Waals surface area contributed by atoms with Crippen LogP contribution in [0.25, 0.3) is 10.6 Å². The van der Waals surface area contributed by atoms with Crippen LogP contribution in [0.2, 0.25) is 4.34 Å². The fourth-order valence-electron chi connectivity index (χ4n) is 2.42. The van der Waals surface area contributed by atoms with Gasteiger partial charge in [-0.05, 0) is 30.3 Å². The van der Waals surface area contributed by atoms with Crippen molar-refractivity contribution in [2.75, 3.05) is 21.3 Å². The summed E-state index contributed by atoms with van der Waals surface area (Å²) >= 11 is 7.32. The van der Waals surface area contributed by atoms with E-state index in [2.05, 4.69) is 20.7 Å². The average Bonchev–Trinajstić information content (AvgIpc) is 3.36. The summed E-state index contributed by atoms with van der Waals surface area (Å²) in [5, 5.41) is 10.8. The smallest absolute Gasteiger partial charge is 0.291 e. The summed E-state index contributed by atoms with van der Waals surface area (Å²) in [6.07, 6.45) is 1.47. The number of halogens is 1. The number of nitrogens with one attached hydrogen (secondary N) is 2. The molecule has 0 bridgehead atoms. The molecule has 0 atom stereocenters. The molecular weight excluding hydrogens is 404 g/mol. The van der Waals surface area contributed by atoms with E-state index < -0.39 is 5.91 Å². The number of hydrazone groups is 1. The van der Waals surface area contributed by atoms with Gasteiger partial charge in [-0.3, -0.25) is 9.89 Å². The van der Waals surface area contributed by atoms with Crippen LogP contribution in [0.4, 0.5) is 0 Å². The van der Waals surface area contributed by atoms with E-state index in [1.165, 1.54) is 38.9 Å². The normalized spacial score (nSPS) is 10.9. The Balaban J connectivity index is 1.71. The third kappa shape index (κ3) is 4.26. The van der Waals surface area contributed by atoms with E-state index in [1.807, 2.05) is 6.07 Å². The van der Waals surface area contributed by atoms with E-state index in [-0.39, 0.29) is 5.69 Å². The van der Waals surface area contributed by atoms with Crippen LogP contribution in [0, 0.1) is 0 Å². The predicted molar refractivity (Wildman–Crippen MR) is 108 cm³/mol. The first-order valence-corrected chi connectivity index (χ1v) is 9.19. The van der Waals surface area contributed by atoms with E-state index >= 15 is 0 Å². The summed E-state index contributed by atoms with van der Waals surface area (Å²) < 4.78 is 16.5. The Morgan fingerprint density at radius 3 is 2.46 bits per heavy atom. The topological polar surface area (TPSA) is 97.8 Å². The van der Waals surface area contributed by atoms with Crippen LogP contribution < -0.4 is 19.6 Å². The third-order valence-corrected chi connectivity index (χ3v) is 4.98. The highest BCUT2D eigenvalue weighted by Gasteiger charge is 2.14. The van der Waals surface area contributed by atoms with Crippen molar-refractivity contribution in [3.63, 3.8) is 0 Å². The second-order valence-electron chi connectivity index (χ2n) is 5.43. The van der Waals surface area contributed by atoms with Gasteiger partial charge in [0.15, 0.2) is 17.2 Å². The molecule has 8 nitrogen and oxygen atoms in total. The lowest BCUT2D eigenvalue weighted by Gasteiger charge is -2.12. The van der Waals surface area contributed by atoms with E-state index in [9.17, 15) is 4.79 Å². The van der Waals surface area contributed by atoms with Gasteiger partial charge in [-0.15, -0.1) is 11.3 Å². The second kappa shape index (κ2) is 8.77. The highest BCUT2D eigenvalue weighted by molar-refractivity contribution is 7.19. The van der Waals surface area contributed by atoms with Crippen LogP contribution >= 0.6 is 22.9 Å². The summed E-state index contributed by atoms with van der Waals surface area (Å²) in [6.45, 7) is 0. The number of aromatic amines is 1. The number of carbonyl (C=O) groups is 1. The van der Waals surface area contributed by atoms with Gasteiger partial charge < -0.3 is 14.2 Å². The molecule has 0 aliphatic rings. The highest BCUT2D eigenvalue weighted by atomic mass is 35.5. The van der Waals surface area contributed by atoms with Gasteiger partial charge in [0.05, 0.1) is 42.5 Å². The molecule has 0 saturated carbocycles. The highest BCUT2D eigenvalue weighted by Crippen LogP contribution is 2.37. The Morgan fingerprint density at radius 2 is 1.89 bits per heavy atom. The maximum Gasteiger partial charge on any atom is 0.291 e. The summed E-state index contributed by atoms with van der Waals surface area (Å²) in [4.78, 5) is 13.1. The number of nitrogens with zero attached hydrogens (tertiary/aromatic N) is 2. The van der Waals surface area contributed by atoms with Crippen LogP contribution in [0.15, 0.2) is 35.4 Å². The number of methoxy groups -OCH3 is 3. The van der Waals surface area contributed by atoms with E-state index in [1.54, 1.807) is 24.3 Å². The molecule has 2 N–H and O–H groups in total. The standard InChI is InChI=1S/C18H17ClN4O4S/c1-25-13-6-10(7-14(26-2)17(13)27-3)9-20-23-18(24)12-8-11(21-22-12)15-4-5-16(19)28-15/h4-9H,1-3H3,(H,21,22)(H,23,24). The Hall–Kier alpha value is -3.04. The molecule has 0 aliphatic carbocycles. The van der Waals surface area contributed by atoms with Crippen molar-refractivity contribution in [1.82, 2.24) is 15.6 Å². The predicted octanol–water partition coefficient (Wildman–Crippen LogP) is 3.58. The maximum atomic E-state index is 12.2. The molecule has 3 rings (SSSR count). The van der Waals surface area contributed by atoms with E-state index in [0.717, 1.165) is 4.88 Å². The lowest BCUT2D eigenvalue weighted by Crippen LogP contribution is -2.18. The molecule has 2 heterocycles. The van der Waals surface area contributed by atoms with Crippen LogP contribution in [0.3, 0.4) is 0 Å². The number of benzene rings is 1. The molecule has 1 aromatic carbocycles. The molecule has 0 radical (unpaired) electrons. The number of hydrogen-bond acceptors (Lipinski definition) is 7. The Labute approximate surface area is 170 Å². The number of thiophene rings is 1. The minimum Gasteiger partial charge on any atom is -0.493 e. The first-order chi connectivity index (χ1) is 13.5. The molecule has 2 aromatic heterocycles. The quantitative estimate of drug-likeness (QED) is 0.449. The fraction of sp³-hybridized carbons (Fsp3) is 0.167.